The van der Waals surface area contributed by atoms with E-state index >= 15 is 0 Å². The van der Waals surface area contributed by atoms with Gasteiger partial charge in [-0.2, -0.15) is 0 Å². The molecule has 0 amide bonds. The van der Waals surface area contributed by atoms with Crippen molar-refractivity contribution in [3.8, 4) is 0 Å². The lowest BCUT2D eigenvalue weighted by atomic mass is 10.1. The number of carbonyl (C=O) groups is 2. The van der Waals surface area contributed by atoms with Crippen molar-refractivity contribution >= 4 is 20.3 Å². The van der Waals surface area contributed by atoms with E-state index in [4.69, 9.17) is 13.9 Å². The minimum atomic E-state index is -2.05. The van der Waals surface area contributed by atoms with Gasteiger partial charge in [0.1, 0.15) is 6.61 Å². The maximum atomic E-state index is 11.9. The Morgan fingerprint density at radius 3 is 2.26 bits per heavy atom. The van der Waals surface area contributed by atoms with Crippen LogP contribution in [0.15, 0.2) is 36.5 Å². The highest BCUT2D eigenvalue weighted by atomic mass is 28.4. The van der Waals surface area contributed by atoms with Crippen LogP contribution >= 0.6 is 0 Å². The molecule has 154 valence electrons. The number of hydrogen-bond acceptors (Lipinski definition) is 5. The van der Waals surface area contributed by atoms with Gasteiger partial charge >= 0.3 is 11.9 Å². The van der Waals surface area contributed by atoms with Crippen molar-refractivity contribution in [1.82, 2.24) is 0 Å². The lowest BCUT2D eigenvalue weighted by molar-refractivity contribution is -0.140. The van der Waals surface area contributed by atoms with E-state index in [1.54, 1.807) is 0 Å². The Morgan fingerprint density at radius 2 is 1.78 bits per heavy atom. The lowest BCUT2D eigenvalue weighted by Gasteiger charge is -2.39. The second-order valence-corrected chi connectivity index (χ2v) is 12.9. The fraction of sp³-hybridized carbons (Fsp3) is 0.619. The normalized spacial score (nSPS) is 13.3. The highest BCUT2D eigenvalue weighted by Gasteiger charge is 2.40. The van der Waals surface area contributed by atoms with Gasteiger partial charge in [0.2, 0.25) is 0 Å². The minimum absolute atomic E-state index is 0.0377. The Hall–Kier alpha value is -1.66. The van der Waals surface area contributed by atoms with Crippen LogP contribution in [0.1, 0.15) is 47.0 Å². The minimum Gasteiger partial charge on any atom is -0.466 e. The summed E-state index contributed by atoms with van der Waals surface area (Å²) in [5.74, 6) is -0.750. The number of methoxy groups -OCH3 is 1. The average Bonchev–Trinajstić information content (AvgIpc) is 2.55. The first-order valence-corrected chi connectivity index (χ1v) is 12.1. The third-order valence-corrected chi connectivity index (χ3v) is 9.22. The van der Waals surface area contributed by atoms with Crippen molar-refractivity contribution in [3.63, 3.8) is 0 Å². The molecule has 1 atom stereocenters. The standard InChI is InChI=1S/C21H36O5Si/c1-16(15-25-18(3)22)13-11-10-12-14-19(17(2)20(23)24-7)26-27(8,9)21(4,5)6/h11,13,19H,1-2,10,12,14-15H2,3-9H3/b13-11+. The number of carbonyl (C=O) groups excluding carboxylic acids is 2. The molecule has 1 unspecified atom stereocenters. The van der Waals surface area contributed by atoms with Crippen LogP contribution in [0.2, 0.25) is 18.1 Å². The predicted octanol–water partition coefficient (Wildman–Crippen LogP) is 4.95. The Labute approximate surface area is 165 Å². The van der Waals surface area contributed by atoms with Crippen LogP contribution in [0.4, 0.5) is 0 Å². The number of hydrogen-bond donors (Lipinski definition) is 0. The molecule has 0 aliphatic rings. The van der Waals surface area contributed by atoms with Crippen LogP contribution in [-0.4, -0.2) is 40.1 Å². The van der Waals surface area contributed by atoms with E-state index in [0.717, 1.165) is 18.4 Å². The molecule has 0 aliphatic carbocycles. The topological polar surface area (TPSA) is 61.8 Å². The average molecular weight is 397 g/mol. The van der Waals surface area contributed by atoms with Gasteiger partial charge in [0, 0.05) is 6.92 Å². The highest BCUT2D eigenvalue weighted by Crippen LogP contribution is 2.38. The third-order valence-electron chi connectivity index (χ3n) is 4.73. The Morgan fingerprint density at radius 1 is 1.19 bits per heavy atom. The number of allylic oxidation sites excluding steroid dienone is 1. The fourth-order valence-corrected chi connectivity index (χ4v) is 3.34. The second-order valence-electron chi connectivity index (χ2n) is 8.16. The monoisotopic (exact) mass is 396 g/mol. The van der Waals surface area contributed by atoms with E-state index in [2.05, 4.69) is 47.0 Å². The van der Waals surface area contributed by atoms with Crippen molar-refractivity contribution in [2.24, 2.45) is 0 Å². The number of esters is 2. The molecule has 0 saturated heterocycles. The molecule has 27 heavy (non-hydrogen) atoms. The van der Waals surface area contributed by atoms with E-state index < -0.39 is 14.3 Å². The molecule has 0 bridgehead atoms. The van der Waals surface area contributed by atoms with Gasteiger partial charge in [-0.05, 0) is 43.0 Å². The van der Waals surface area contributed by atoms with Crippen molar-refractivity contribution in [2.75, 3.05) is 13.7 Å². The van der Waals surface area contributed by atoms with Crippen LogP contribution in [0.5, 0.6) is 0 Å². The Balaban J connectivity index is 4.79. The summed E-state index contributed by atoms with van der Waals surface area (Å²) in [6.45, 7) is 20.1. The summed E-state index contributed by atoms with van der Waals surface area (Å²) in [5.41, 5.74) is 1.10. The SMILES string of the molecule is C=C(/C=C/CCCC(O[Si](C)(C)C(C)(C)C)C(=C)C(=O)OC)COC(C)=O. The molecule has 0 saturated carbocycles. The molecule has 0 aromatic carbocycles. The van der Waals surface area contributed by atoms with Crippen LogP contribution in [-0.2, 0) is 23.5 Å². The van der Waals surface area contributed by atoms with E-state index in [1.165, 1.54) is 14.0 Å². The van der Waals surface area contributed by atoms with E-state index in [-0.39, 0.29) is 23.7 Å². The van der Waals surface area contributed by atoms with Gasteiger partial charge in [0.15, 0.2) is 8.32 Å². The molecule has 0 aromatic rings. The lowest BCUT2D eigenvalue weighted by Crippen LogP contribution is -2.45. The largest absolute Gasteiger partial charge is 0.466 e. The van der Waals surface area contributed by atoms with Crippen LogP contribution in [0, 0.1) is 0 Å². The van der Waals surface area contributed by atoms with E-state index in [1.807, 2.05) is 12.2 Å². The van der Waals surface area contributed by atoms with E-state index in [9.17, 15) is 9.59 Å². The molecule has 0 heterocycles. The summed E-state index contributed by atoms with van der Waals surface area (Å²) < 4.78 is 16.1. The zero-order chi connectivity index (χ0) is 21.3. The number of ether oxygens (including phenoxy) is 2. The Bertz CT molecular complexity index is 570. The third kappa shape index (κ3) is 9.72. The molecule has 5 nitrogen and oxygen atoms in total. The molecule has 6 heteroatoms. The summed E-state index contributed by atoms with van der Waals surface area (Å²) in [7, 11) is -0.691. The summed E-state index contributed by atoms with van der Waals surface area (Å²) in [6.07, 6.45) is 5.78. The zero-order valence-corrected chi connectivity index (χ0v) is 19.0. The zero-order valence-electron chi connectivity index (χ0n) is 18.0. The van der Waals surface area contributed by atoms with Gasteiger partial charge < -0.3 is 13.9 Å². The van der Waals surface area contributed by atoms with Crippen LogP contribution < -0.4 is 0 Å². The van der Waals surface area contributed by atoms with E-state index in [0.29, 0.717) is 12.0 Å². The molecule has 0 radical (unpaired) electrons. The predicted molar refractivity (Wildman–Crippen MR) is 112 cm³/mol. The first-order valence-electron chi connectivity index (χ1n) is 9.24. The quantitative estimate of drug-likeness (QED) is 0.162. The molecule has 0 N–H and O–H groups in total. The van der Waals surface area contributed by atoms with Crippen LogP contribution in [0.25, 0.3) is 0 Å². The maximum Gasteiger partial charge on any atom is 0.335 e. The second kappa shape index (κ2) is 11.2. The van der Waals surface area contributed by atoms with Gasteiger partial charge in [0.05, 0.1) is 18.8 Å². The fourth-order valence-electron chi connectivity index (χ4n) is 2.01. The summed E-state index contributed by atoms with van der Waals surface area (Å²) in [4.78, 5) is 22.7. The number of rotatable bonds is 11. The van der Waals surface area contributed by atoms with Crippen molar-refractivity contribution < 1.29 is 23.5 Å². The first-order chi connectivity index (χ1) is 12.3. The van der Waals surface area contributed by atoms with Crippen LogP contribution in [0.3, 0.4) is 0 Å². The van der Waals surface area contributed by atoms with Gasteiger partial charge in [-0.3, -0.25) is 4.79 Å². The van der Waals surface area contributed by atoms with Gasteiger partial charge in [-0.15, -0.1) is 0 Å². The summed E-state index contributed by atoms with van der Waals surface area (Å²) in [5, 5.41) is 0.0377. The Kier molecular flexibility index (Phi) is 10.5. The molecular weight excluding hydrogens is 360 g/mol. The van der Waals surface area contributed by atoms with Crippen molar-refractivity contribution in [2.45, 2.75) is 71.2 Å². The summed E-state index contributed by atoms with van der Waals surface area (Å²) in [6, 6.07) is 0. The van der Waals surface area contributed by atoms with Gasteiger partial charge in [-0.1, -0.05) is 46.1 Å². The van der Waals surface area contributed by atoms with Crippen molar-refractivity contribution in [3.05, 3.63) is 36.5 Å². The maximum absolute atomic E-state index is 11.9. The molecule has 0 spiro atoms. The van der Waals surface area contributed by atoms with Gasteiger partial charge in [-0.25, -0.2) is 4.79 Å². The molecule has 0 fully saturated rings. The smallest absolute Gasteiger partial charge is 0.335 e. The summed E-state index contributed by atoms with van der Waals surface area (Å²) >= 11 is 0. The highest BCUT2D eigenvalue weighted by molar-refractivity contribution is 6.74. The number of unbranched alkanes of at least 4 members (excludes halogenated alkanes) is 1. The molecule has 0 rings (SSSR count). The molecule has 0 aromatic heterocycles. The molecular formula is C21H36O5Si. The van der Waals surface area contributed by atoms with Crippen molar-refractivity contribution in [1.29, 1.82) is 0 Å². The molecule has 0 aliphatic heterocycles. The van der Waals surface area contributed by atoms with Gasteiger partial charge in [0.25, 0.3) is 0 Å². The first kappa shape index (κ1) is 25.3.